The van der Waals surface area contributed by atoms with E-state index in [-0.39, 0.29) is 5.57 Å². The van der Waals surface area contributed by atoms with Crippen molar-refractivity contribution < 1.29 is 9.53 Å². The standard InChI is InChI=1S/C18H13Cl2IN2O2/c1-2-25-17-6-3-11(8-16(17)21)7-12(10-22)18(24)23-13-4-5-14(19)15(20)9-13/h3-9H,2H2,1H3,(H,23,24). The fraction of sp³-hybridized carbons (Fsp3) is 0.111. The largest absolute Gasteiger partial charge is 0.493 e. The number of carbonyl (C=O) groups excluding carboxylic acids is 1. The lowest BCUT2D eigenvalue weighted by Crippen LogP contribution is -2.13. The van der Waals surface area contributed by atoms with Gasteiger partial charge < -0.3 is 10.1 Å². The van der Waals surface area contributed by atoms with Crippen LogP contribution in [0.15, 0.2) is 42.0 Å². The van der Waals surface area contributed by atoms with E-state index < -0.39 is 5.91 Å². The minimum absolute atomic E-state index is 0.0222. The first-order valence-electron chi connectivity index (χ1n) is 7.25. The summed E-state index contributed by atoms with van der Waals surface area (Å²) in [7, 11) is 0. The van der Waals surface area contributed by atoms with E-state index in [0.717, 1.165) is 14.9 Å². The van der Waals surface area contributed by atoms with Gasteiger partial charge in [0.05, 0.1) is 20.2 Å². The number of rotatable bonds is 5. The maximum atomic E-state index is 12.3. The second kappa shape index (κ2) is 9.09. The summed E-state index contributed by atoms with van der Waals surface area (Å²) in [4.78, 5) is 12.3. The molecule has 4 nitrogen and oxygen atoms in total. The van der Waals surface area contributed by atoms with E-state index in [1.807, 2.05) is 25.1 Å². The number of benzene rings is 2. The number of anilines is 1. The average Bonchev–Trinajstić information content (AvgIpc) is 2.58. The smallest absolute Gasteiger partial charge is 0.266 e. The Hall–Kier alpha value is -1.75. The lowest BCUT2D eigenvalue weighted by molar-refractivity contribution is -0.112. The van der Waals surface area contributed by atoms with Crippen LogP contribution in [0.3, 0.4) is 0 Å². The molecule has 0 atom stereocenters. The van der Waals surface area contributed by atoms with Crippen molar-refractivity contribution in [1.82, 2.24) is 0 Å². The minimum atomic E-state index is -0.523. The molecule has 0 saturated heterocycles. The molecule has 2 aromatic carbocycles. The molecule has 0 spiro atoms. The normalized spacial score (nSPS) is 10.9. The predicted octanol–water partition coefficient (Wildman–Crippen LogP) is 5.54. The number of nitrogens with one attached hydrogen (secondary N) is 1. The summed E-state index contributed by atoms with van der Waals surface area (Å²) >= 11 is 13.9. The maximum Gasteiger partial charge on any atom is 0.266 e. The van der Waals surface area contributed by atoms with Crippen molar-refractivity contribution in [2.24, 2.45) is 0 Å². The Kier molecular flexibility index (Phi) is 7.12. The van der Waals surface area contributed by atoms with Crippen molar-refractivity contribution in [1.29, 1.82) is 5.26 Å². The maximum absolute atomic E-state index is 12.3. The van der Waals surface area contributed by atoms with Crippen LogP contribution in [0.4, 0.5) is 5.69 Å². The summed E-state index contributed by atoms with van der Waals surface area (Å²) in [6, 6.07) is 12.1. The van der Waals surface area contributed by atoms with Crippen molar-refractivity contribution in [2.45, 2.75) is 6.92 Å². The van der Waals surface area contributed by atoms with Crippen molar-refractivity contribution in [2.75, 3.05) is 11.9 Å². The van der Waals surface area contributed by atoms with Gasteiger partial charge in [0, 0.05) is 5.69 Å². The van der Waals surface area contributed by atoms with Gasteiger partial charge in [-0.1, -0.05) is 29.3 Å². The Morgan fingerprint density at radius 2 is 2.04 bits per heavy atom. The summed E-state index contributed by atoms with van der Waals surface area (Å²) in [5.41, 5.74) is 1.17. The molecule has 7 heteroatoms. The quantitative estimate of drug-likeness (QED) is 0.342. The zero-order valence-electron chi connectivity index (χ0n) is 13.1. The van der Waals surface area contributed by atoms with E-state index in [0.29, 0.717) is 22.3 Å². The molecule has 2 aromatic rings. The number of halogens is 3. The molecule has 128 valence electrons. The Labute approximate surface area is 169 Å². The highest BCUT2D eigenvalue weighted by molar-refractivity contribution is 14.1. The first-order valence-corrected chi connectivity index (χ1v) is 9.08. The number of hydrogen-bond acceptors (Lipinski definition) is 3. The van der Waals surface area contributed by atoms with Crippen LogP contribution >= 0.6 is 45.8 Å². The Balaban J connectivity index is 2.21. The predicted molar refractivity (Wildman–Crippen MR) is 109 cm³/mol. The topological polar surface area (TPSA) is 62.1 Å². The van der Waals surface area contributed by atoms with Crippen molar-refractivity contribution >= 4 is 63.5 Å². The van der Waals surface area contributed by atoms with Gasteiger partial charge in [0.1, 0.15) is 17.4 Å². The van der Waals surface area contributed by atoms with E-state index in [9.17, 15) is 10.1 Å². The van der Waals surface area contributed by atoms with Crippen LogP contribution in [0.1, 0.15) is 12.5 Å². The van der Waals surface area contributed by atoms with Gasteiger partial charge in [0.15, 0.2) is 0 Å². The molecule has 2 rings (SSSR count). The zero-order chi connectivity index (χ0) is 18.4. The SMILES string of the molecule is CCOc1ccc(C=C(C#N)C(=O)Nc2ccc(Cl)c(Cl)c2)cc1I. The summed E-state index contributed by atoms with van der Waals surface area (Å²) < 4.78 is 6.37. The lowest BCUT2D eigenvalue weighted by Gasteiger charge is -2.07. The molecule has 0 bridgehead atoms. The van der Waals surface area contributed by atoms with Crippen LogP contribution < -0.4 is 10.1 Å². The highest BCUT2D eigenvalue weighted by Crippen LogP contribution is 2.26. The number of hydrogen-bond donors (Lipinski definition) is 1. The van der Waals surface area contributed by atoms with Gasteiger partial charge in [-0.15, -0.1) is 0 Å². The summed E-state index contributed by atoms with van der Waals surface area (Å²) in [6.07, 6.45) is 1.52. The average molecular weight is 487 g/mol. The van der Waals surface area contributed by atoms with E-state index in [1.54, 1.807) is 18.2 Å². The molecule has 0 radical (unpaired) electrons. The fourth-order valence-electron chi connectivity index (χ4n) is 1.97. The molecule has 25 heavy (non-hydrogen) atoms. The van der Waals surface area contributed by atoms with Gasteiger partial charge in [-0.05, 0) is 71.5 Å². The van der Waals surface area contributed by atoms with Crippen LogP contribution in [0.5, 0.6) is 5.75 Å². The van der Waals surface area contributed by atoms with Gasteiger partial charge >= 0.3 is 0 Å². The molecule has 0 aliphatic heterocycles. The zero-order valence-corrected chi connectivity index (χ0v) is 16.8. The van der Waals surface area contributed by atoms with Crippen molar-refractivity contribution in [3.05, 3.63) is 61.2 Å². The van der Waals surface area contributed by atoms with Crippen LogP contribution in [0, 0.1) is 14.9 Å². The molecular weight excluding hydrogens is 474 g/mol. The van der Waals surface area contributed by atoms with Crippen LogP contribution in [-0.4, -0.2) is 12.5 Å². The molecule has 1 amide bonds. The number of nitrogens with zero attached hydrogens (tertiary/aromatic N) is 1. The third-order valence-corrected chi connectivity index (χ3v) is 4.69. The van der Waals surface area contributed by atoms with E-state index in [2.05, 4.69) is 27.9 Å². The first kappa shape index (κ1) is 19.6. The highest BCUT2D eigenvalue weighted by Gasteiger charge is 2.11. The monoisotopic (exact) mass is 486 g/mol. The van der Waals surface area contributed by atoms with E-state index >= 15 is 0 Å². The van der Waals surface area contributed by atoms with E-state index in [1.165, 1.54) is 12.1 Å². The Bertz CT molecular complexity index is 876. The molecule has 0 fully saturated rings. The molecule has 0 aliphatic carbocycles. The van der Waals surface area contributed by atoms with Crippen molar-refractivity contribution in [3.63, 3.8) is 0 Å². The van der Waals surface area contributed by atoms with Gasteiger partial charge in [-0.2, -0.15) is 5.26 Å². The molecular formula is C18H13Cl2IN2O2. The third-order valence-electron chi connectivity index (χ3n) is 3.11. The fourth-order valence-corrected chi connectivity index (χ4v) is 2.96. The first-order chi connectivity index (χ1) is 11.9. The summed E-state index contributed by atoms with van der Waals surface area (Å²) in [5, 5.41) is 12.6. The molecule has 0 aromatic heterocycles. The minimum Gasteiger partial charge on any atom is -0.493 e. The van der Waals surface area contributed by atoms with Gasteiger partial charge in [0.2, 0.25) is 0 Å². The second-order valence-corrected chi connectivity index (χ2v) is 6.85. The molecule has 0 aliphatic rings. The summed E-state index contributed by atoms with van der Waals surface area (Å²) in [5.74, 6) is 0.240. The highest BCUT2D eigenvalue weighted by atomic mass is 127. The van der Waals surface area contributed by atoms with Crippen LogP contribution in [0.25, 0.3) is 6.08 Å². The Morgan fingerprint density at radius 1 is 1.28 bits per heavy atom. The number of ether oxygens (including phenoxy) is 1. The Morgan fingerprint density at radius 3 is 2.64 bits per heavy atom. The molecule has 0 saturated carbocycles. The second-order valence-electron chi connectivity index (χ2n) is 4.88. The molecule has 1 N–H and O–H groups in total. The van der Waals surface area contributed by atoms with Gasteiger partial charge in [0.25, 0.3) is 5.91 Å². The number of carbonyl (C=O) groups is 1. The molecule has 0 unspecified atom stereocenters. The van der Waals surface area contributed by atoms with Gasteiger partial charge in [-0.3, -0.25) is 4.79 Å². The summed E-state index contributed by atoms with van der Waals surface area (Å²) in [6.45, 7) is 2.48. The van der Waals surface area contributed by atoms with E-state index in [4.69, 9.17) is 27.9 Å². The molecule has 0 heterocycles. The number of amides is 1. The number of nitriles is 1. The lowest BCUT2D eigenvalue weighted by atomic mass is 10.1. The van der Waals surface area contributed by atoms with Crippen LogP contribution in [0.2, 0.25) is 10.0 Å². The van der Waals surface area contributed by atoms with Crippen molar-refractivity contribution in [3.8, 4) is 11.8 Å². The third kappa shape index (κ3) is 5.36. The van der Waals surface area contributed by atoms with Crippen LogP contribution in [-0.2, 0) is 4.79 Å². The van der Waals surface area contributed by atoms with Gasteiger partial charge in [-0.25, -0.2) is 0 Å².